The maximum atomic E-state index is 6.03. The van der Waals surface area contributed by atoms with Crippen LogP contribution in [-0.4, -0.2) is 19.5 Å². The number of nitrogens with zero attached hydrogens (tertiary/aromatic N) is 4. The van der Waals surface area contributed by atoms with Crippen molar-refractivity contribution in [3.05, 3.63) is 52.7 Å². The highest BCUT2D eigenvalue weighted by Gasteiger charge is 2.18. The molecule has 0 saturated heterocycles. The number of fused-ring (bicyclic) bond motifs is 1. The van der Waals surface area contributed by atoms with E-state index in [0.717, 1.165) is 27.2 Å². The molecule has 0 fully saturated rings. The third-order valence-corrected chi connectivity index (χ3v) is 3.86. The van der Waals surface area contributed by atoms with Crippen molar-refractivity contribution in [3.63, 3.8) is 0 Å². The first-order chi connectivity index (χ1) is 9.70. The van der Waals surface area contributed by atoms with Crippen molar-refractivity contribution >= 4 is 38.7 Å². The SMILES string of the molecule is CC(c1ccccn1)n1c(CCl)nc2cc(Br)cnc21. The van der Waals surface area contributed by atoms with E-state index < -0.39 is 0 Å². The average Bonchev–Trinajstić information content (AvgIpc) is 2.84. The summed E-state index contributed by atoms with van der Waals surface area (Å²) in [5, 5.41) is 0. The number of hydrogen-bond donors (Lipinski definition) is 0. The molecule has 0 N–H and O–H groups in total. The van der Waals surface area contributed by atoms with Crippen LogP contribution in [0.15, 0.2) is 41.1 Å². The molecule has 0 radical (unpaired) electrons. The molecule has 0 saturated carbocycles. The van der Waals surface area contributed by atoms with E-state index in [0.29, 0.717) is 5.88 Å². The third kappa shape index (κ3) is 2.31. The van der Waals surface area contributed by atoms with Crippen molar-refractivity contribution < 1.29 is 0 Å². The van der Waals surface area contributed by atoms with Crippen molar-refractivity contribution in [2.75, 3.05) is 0 Å². The number of pyridine rings is 2. The van der Waals surface area contributed by atoms with Crippen LogP contribution in [-0.2, 0) is 5.88 Å². The minimum Gasteiger partial charge on any atom is -0.303 e. The third-order valence-electron chi connectivity index (χ3n) is 3.19. The fourth-order valence-corrected chi connectivity index (χ4v) is 2.77. The molecule has 3 heterocycles. The van der Waals surface area contributed by atoms with Gasteiger partial charge >= 0.3 is 0 Å². The van der Waals surface area contributed by atoms with Crippen LogP contribution < -0.4 is 0 Å². The summed E-state index contributed by atoms with van der Waals surface area (Å²) in [7, 11) is 0. The van der Waals surface area contributed by atoms with Crippen LogP contribution in [0.5, 0.6) is 0 Å². The molecule has 102 valence electrons. The molecule has 4 nitrogen and oxygen atoms in total. The molecule has 3 rings (SSSR count). The van der Waals surface area contributed by atoms with Crippen LogP contribution >= 0.6 is 27.5 Å². The van der Waals surface area contributed by atoms with E-state index in [1.54, 1.807) is 12.4 Å². The van der Waals surface area contributed by atoms with Crippen LogP contribution in [0.1, 0.15) is 24.5 Å². The predicted molar refractivity (Wildman–Crippen MR) is 82.8 cm³/mol. The van der Waals surface area contributed by atoms with Gasteiger partial charge in [0.15, 0.2) is 5.65 Å². The molecule has 20 heavy (non-hydrogen) atoms. The molecule has 6 heteroatoms. The van der Waals surface area contributed by atoms with Gasteiger partial charge in [-0.1, -0.05) is 6.07 Å². The molecule has 0 bridgehead atoms. The lowest BCUT2D eigenvalue weighted by atomic mass is 10.2. The number of imidazole rings is 1. The molecule has 3 aromatic rings. The van der Waals surface area contributed by atoms with Gasteiger partial charge in [0.05, 0.1) is 17.6 Å². The highest BCUT2D eigenvalue weighted by Crippen LogP contribution is 2.26. The van der Waals surface area contributed by atoms with Gasteiger partial charge in [0.25, 0.3) is 0 Å². The summed E-state index contributed by atoms with van der Waals surface area (Å²) in [6.07, 6.45) is 3.55. The molecule has 0 aliphatic heterocycles. The Kier molecular flexibility index (Phi) is 3.72. The molecule has 0 spiro atoms. The van der Waals surface area contributed by atoms with Gasteiger partial charge in [0.2, 0.25) is 0 Å². The Morgan fingerprint density at radius 2 is 2.20 bits per heavy atom. The first kappa shape index (κ1) is 13.5. The summed E-state index contributed by atoms with van der Waals surface area (Å²) in [5.74, 6) is 1.14. The van der Waals surface area contributed by atoms with Gasteiger partial charge in [-0.05, 0) is 41.1 Å². The zero-order chi connectivity index (χ0) is 14.1. The second-order valence-corrected chi connectivity index (χ2v) is 5.64. The molecule has 0 aliphatic carbocycles. The van der Waals surface area contributed by atoms with Crippen LogP contribution in [0.2, 0.25) is 0 Å². The Bertz CT molecular complexity index is 742. The Balaban J connectivity index is 2.19. The van der Waals surface area contributed by atoms with E-state index in [1.807, 2.05) is 28.8 Å². The first-order valence-electron chi connectivity index (χ1n) is 6.20. The number of hydrogen-bond acceptors (Lipinski definition) is 3. The number of halogens is 2. The molecule has 0 aromatic carbocycles. The van der Waals surface area contributed by atoms with Gasteiger partial charge in [0.1, 0.15) is 11.3 Å². The zero-order valence-corrected chi connectivity index (χ0v) is 13.1. The van der Waals surface area contributed by atoms with Gasteiger partial charge in [-0.25, -0.2) is 9.97 Å². The maximum absolute atomic E-state index is 6.03. The van der Waals surface area contributed by atoms with Crippen molar-refractivity contribution in [1.82, 2.24) is 19.5 Å². The maximum Gasteiger partial charge on any atom is 0.160 e. The Hall–Kier alpha value is -1.46. The minimum absolute atomic E-state index is 0.0311. The van der Waals surface area contributed by atoms with Crippen molar-refractivity contribution in [2.45, 2.75) is 18.8 Å². The van der Waals surface area contributed by atoms with Gasteiger partial charge in [0, 0.05) is 16.9 Å². The zero-order valence-electron chi connectivity index (χ0n) is 10.8. The molecule has 1 atom stereocenters. The van der Waals surface area contributed by atoms with Gasteiger partial charge in [-0.2, -0.15) is 0 Å². The fourth-order valence-electron chi connectivity index (χ4n) is 2.26. The monoisotopic (exact) mass is 350 g/mol. The quantitative estimate of drug-likeness (QED) is 0.671. The number of aromatic nitrogens is 4. The smallest absolute Gasteiger partial charge is 0.160 e. The molecular formula is C14H12BrClN4. The van der Waals surface area contributed by atoms with Gasteiger partial charge < -0.3 is 4.57 Å². The largest absolute Gasteiger partial charge is 0.303 e. The average molecular weight is 352 g/mol. The molecule has 0 amide bonds. The van der Waals surface area contributed by atoms with E-state index in [4.69, 9.17) is 11.6 Å². The summed E-state index contributed by atoms with van der Waals surface area (Å²) in [6.45, 7) is 2.07. The number of alkyl halides is 1. The summed E-state index contributed by atoms with van der Waals surface area (Å²) in [6, 6.07) is 7.85. The summed E-state index contributed by atoms with van der Waals surface area (Å²) in [4.78, 5) is 13.4. The van der Waals surface area contributed by atoms with Crippen LogP contribution in [0.4, 0.5) is 0 Å². The van der Waals surface area contributed by atoms with Gasteiger partial charge in [-0.3, -0.25) is 4.98 Å². The predicted octanol–water partition coefficient (Wildman–Crippen LogP) is 3.94. The molecule has 0 aliphatic rings. The Morgan fingerprint density at radius 3 is 2.90 bits per heavy atom. The van der Waals surface area contributed by atoms with E-state index >= 15 is 0 Å². The Labute approximate surface area is 130 Å². The Morgan fingerprint density at radius 1 is 1.35 bits per heavy atom. The summed E-state index contributed by atoms with van der Waals surface area (Å²) >= 11 is 9.44. The normalized spacial score (nSPS) is 12.8. The highest BCUT2D eigenvalue weighted by atomic mass is 79.9. The summed E-state index contributed by atoms with van der Waals surface area (Å²) in [5.41, 5.74) is 2.61. The lowest BCUT2D eigenvalue weighted by Gasteiger charge is -2.15. The molecule has 3 aromatic heterocycles. The molecule has 1 unspecified atom stereocenters. The number of rotatable bonds is 3. The summed E-state index contributed by atoms with van der Waals surface area (Å²) < 4.78 is 2.94. The lowest BCUT2D eigenvalue weighted by molar-refractivity contribution is 0.612. The second kappa shape index (κ2) is 5.50. The fraction of sp³-hybridized carbons (Fsp3) is 0.214. The van der Waals surface area contributed by atoms with Crippen LogP contribution in [0, 0.1) is 0 Å². The standard InChI is InChI=1S/C14H12BrClN4/c1-9(11-4-2-3-5-17-11)20-13(7-16)19-12-6-10(15)8-18-14(12)20/h2-6,8-9H,7H2,1H3. The topological polar surface area (TPSA) is 43.6 Å². The van der Waals surface area contributed by atoms with Crippen LogP contribution in [0.25, 0.3) is 11.2 Å². The van der Waals surface area contributed by atoms with E-state index in [1.165, 1.54) is 0 Å². The van der Waals surface area contributed by atoms with E-state index in [9.17, 15) is 0 Å². The van der Waals surface area contributed by atoms with Crippen molar-refractivity contribution in [3.8, 4) is 0 Å². The minimum atomic E-state index is 0.0311. The second-order valence-electron chi connectivity index (χ2n) is 4.46. The van der Waals surface area contributed by atoms with Crippen molar-refractivity contribution in [1.29, 1.82) is 0 Å². The molecular weight excluding hydrogens is 340 g/mol. The first-order valence-corrected chi connectivity index (χ1v) is 7.52. The van der Waals surface area contributed by atoms with Gasteiger partial charge in [-0.15, -0.1) is 11.6 Å². The lowest BCUT2D eigenvalue weighted by Crippen LogP contribution is -2.11. The van der Waals surface area contributed by atoms with E-state index in [2.05, 4.69) is 37.8 Å². The highest BCUT2D eigenvalue weighted by molar-refractivity contribution is 9.10. The van der Waals surface area contributed by atoms with Crippen molar-refractivity contribution in [2.24, 2.45) is 0 Å². The van der Waals surface area contributed by atoms with E-state index in [-0.39, 0.29) is 6.04 Å². The van der Waals surface area contributed by atoms with Crippen LogP contribution in [0.3, 0.4) is 0 Å².